The molecule has 1 spiro atoms. The summed E-state index contributed by atoms with van der Waals surface area (Å²) in [4.78, 5) is 31.3. The van der Waals surface area contributed by atoms with Crippen LogP contribution in [0.3, 0.4) is 0 Å². The molecular weight excluding hydrogens is 372 g/mol. The van der Waals surface area contributed by atoms with Crippen LogP contribution >= 0.6 is 11.3 Å². The largest absolute Gasteiger partial charge is 0.323 e. The molecule has 1 aromatic heterocycles. The van der Waals surface area contributed by atoms with E-state index in [-0.39, 0.29) is 17.5 Å². The van der Waals surface area contributed by atoms with Gasteiger partial charge in [-0.05, 0) is 49.0 Å². The lowest BCUT2D eigenvalue weighted by atomic mass is 9.93. The zero-order valence-electron chi connectivity index (χ0n) is 16.4. The molecule has 2 fully saturated rings. The fraction of sp³-hybridized carbons (Fsp3) is 0.429. The van der Waals surface area contributed by atoms with E-state index < -0.39 is 0 Å². The van der Waals surface area contributed by atoms with Gasteiger partial charge in [0.2, 0.25) is 5.91 Å². The Labute approximate surface area is 169 Å². The number of thiophene rings is 1. The summed E-state index contributed by atoms with van der Waals surface area (Å²) in [7, 11) is 2.00. The Morgan fingerprint density at radius 3 is 2.89 bits per heavy atom. The maximum absolute atomic E-state index is 12.8. The van der Waals surface area contributed by atoms with Crippen molar-refractivity contribution >= 4 is 34.6 Å². The van der Waals surface area contributed by atoms with Crippen molar-refractivity contribution in [1.82, 2.24) is 9.80 Å². The highest BCUT2D eigenvalue weighted by molar-refractivity contribution is 7.08. The maximum atomic E-state index is 12.8. The number of hydrogen-bond donors (Lipinski definition) is 1. The van der Waals surface area contributed by atoms with Crippen molar-refractivity contribution in [2.45, 2.75) is 25.3 Å². The van der Waals surface area contributed by atoms with E-state index in [0.29, 0.717) is 26.2 Å². The minimum atomic E-state index is -0.196. The third-order valence-electron chi connectivity index (χ3n) is 5.96. The summed E-state index contributed by atoms with van der Waals surface area (Å²) >= 11 is 1.59. The predicted octanol–water partition coefficient (Wildman–Crippen LogP) is 3.27. The third kappa shape index (κ3) is 3.52. The lowest BCUT2D eigenvalue weighted by molar-refractivity contribution is -0.123. The standard InChI is InChI=1S/C21H26N4O2S/c1-3-16-5-4-6-17(11-16)22-20(27)24-9-8-21(14-24)15-25(18-7-10-28-13-18)19(26)12-23(21)2/h4-7,10-11,13H,3,8-9,12,14-15H2,1-2H3,(H,22,27). The molecule has 3 amide bonds. The number of urea groups is 1. The van der Waals surface area contributed by atoms with Crippen LogP contribution in [0, 0.1) is 0 Å². The van der Waals surface area contributed by atoms with E-state index in [0.717, 1.165) is 24.2 Å². The Morgan fingerprint density at radius 2 is 2.14 bits per heavy atom. The molecule has 0 radical (unpaired) electrons. The molecule has 148 valence electrons. The first kappa shape index (κ1) is 19.0. The van der Waals surface area contributed by atoms with E-state index in [1.165, 1.54) is 5.56 Å². The fourth-order valence-corrected chi connectivity index (χ4v) is 4.79. The number of rotatable bonds is 3. The highest BCUT2D eigenvalue weighted by atomic mass is 32.1. The summed E-state index contributed by atoms with van der Waals surface area (Å²) in [6, 6.07) is 9.90. The molecule has 1 atom stereocenters. The number of likely N-dealkylation sites (N-methyl/N-ethyl adjacent to an activating group) is 1. The molecule has 2 aromatic rings. The van der Waals surface area contributed by atoms with Crippen molar-refractivity contribution < 1.29 is 9.59 Å². The second kappa shape index (κ2) is 7.56. The first-order valence-corrected chi connectivity index (χ1v) is 10.6. The fourth-order valence-electron chi connectivity index (χ4n) is 4.15. The number of nitrogens with one attached hydrogen (secondary N) is 1. The van der Waals surface area contributed by atoms with Crippen LogP contribution in [-0.2, 0) is 11.2 Å². The number of nitrogens with zero attached hydrogens (tertiary/aromatic N) is 3. The summed E-state index contributed by atoms with van der Waals surface area (Å²) < 4.78 is 0. The van der Waals surface area contributed by atoms with E-state index in [4.69, 9.17) is 0 Å². The van der Waals surface area contributed by atoms with Crippen molar-refractivity contribution in [2.75, 3.05) is 43.4 Å². The second-order valence-corrected chi connectivity index (χ2v) is 8.48. The van der Waals surface area contributed by atoms with Gasteiger partial charge in [-0.3, -0.25) is 9.69 Å². The lowest BCUT2D eigenvalue weighted by Crippen LogP contribution is -2.64. The van der Waals surface area contributed by atoms with E-state index in [9.17, 15) is 9.59 Å². The van der Waals surface area contributed by atoms with Crippen LogP contribution in [-0.4, -0.2) is 60.5 Å². The summed E-state index contributed by atoms with van der Waals surface area (Å²) in [6.07, 6.45) is 1.80. The molecule has 1 N–H and O–H groups in total. The van der Waals surface area contributed by atoms with Crippen LogP contribution in [0.25, 0.3) is 0 Å². The first-order valence-electron chi connectivity index (χ1n) is 9.69. The summed E-state index contributed by atoms with van der Waals surface area (Å²) in [5, 5.41) is 7.04. The van der Waals surface area contributed by atoms with Crippen LogP contribution in [0.5, 0.6) is 0 Å². The monoisotopic (exact) mass is 398 g/mol. The van der Waals surface area contributed by atoms with Crippen molar-refractivity contribution in [2.24, 2.45) is 0 Å². The molecule has 2 aliphatic rings. The van der Waals surface area contributed by atoms with Gasteiger partial charge in [-0.2, -0.15) is 11.3 Å². The smallest absolute Gasteiger partial charge is 0.321 e. The topological polar surface area (TPSA) is 55.9 Å². The van der Waals surface area contributed by atoms with Gasteiger partial charge < -0.3 is 15.1 Å². The SMILES string of the molecule is CCc1cccc(NC(=O)N2CCC3(C2)CN(c2ccsc2)C(=O)CN3C)c1. The van der Waals surface area contributed by atoms with Crippen molar-refractivity contribution in [3.05, 3.63) is 46.7 Å². The number of aryl methyl sites for hydroxylation is 1. The number of piperazine rings is 1. The van der Waals surface area contributed by atoms with Gasteiger partial charge >= 0.3 is 6.03 Å². The molecule has 4 rings (SSSR count). The molecule has 6 nitrogen and oxygen atoms in total. The zero-order valence-corrected chi connectivity index (χ0v) is 17.2. The molecule has 28 heavy (non-hydrogen) atoms. The van der Waals surface area contributed by atoms with E-state index in [1.807, 2.05) is 51.9 Å². The number of benzene rings is 1. The van der Waals surface area contributed by atoms with Gasteiger partial charge in [0.15, 0.2) is 0 Å². The molecule has 1 unspecified atom stereocenters. The summed E-state index contributed by atoms with van der Waals surface area (Å²) in [5.41, 5.74) is 2.80. The van der Waals surface area contributed by atoms with E-state index >= 15 is 0 Å². The predicted molar refractivity (Wildman–Crippen MR) is 113 cm³/mol. The number of anilines is 2. The Balaban J connectivity index is 1.47. The van der Waals surface area contributed by atoms with E-state index in [1.54, 1.807) is 11.3 Å². The first-order chi connectivity index (χ1) is 13.5. The highest BCUT2D eigenvalue weighted by Crippen LogP contribution is 2.34. The summed E-state index contributed by atoms with van der Waals surface area (Å²) in [5.74, 6) is 0.116. The van der Waals surface area contributed by atoms with Gasteiger partial charge in [0.25, 0.3) is 0 Å². The highest BCUT2D eigenvalue weighted by Gasteiger charge is 2.48. The maximum Gasteiger partial charge on any atom is 0.321 e. The van der Waals surface area contributed by atoms with Crippen LogP contribution in [0.2, 0.25) is 0 Å². The number of carbonyl (C=O) groups excluding carboxylic acids is 2. The minimum Gasteiger partial charge on any atom is -0.323 e. The molecular formula is C21H26N4O2S. The normalized spacial score (nSPS) is 22.9. The molecule has 0 aliphatic carbocycles. The Hall–Kier alpha value is -2.38. The number of likely N-dealkylation sites (tertiary alicyclic amines) is 1. The minimum absolute atomic E-state index is 0.0717. The molecule has 0 bridgehead atoms. The Bertz CT molecular complexity index is 869. The molecule has 1 aromatic carbocycles. The van der Waals surface area contributed by atoms with Crippen LogP contribution in [0.15, 0.2) is 41.1 Å². The average Bonchev–Trinajstić information content (AvgIpc) is 3.36. The number of hydrogen-bond acceptors (Lipinski definition) is 4. The molecule has 2 saturated heterocycles. The number of carbonyl (C=O) groups is 2. The average molecular weight is 399 g/mol. The van der Waals surface area contributed by atoms with Crippen molar-refractivity contribution in [3.63, 3.8) is 0 Å². The number of amides is 3. The molecule has 2 aliphatic heterocycles. The van der Waals surface area contributed by atoms with Gasteiger partial charge in [-0.1, -0.05) is 19.1 Å². The van der Waals surface area contributed by atoms with Crippen molar-refractivity contribution in [3.8, 4) is 0 Å². The van der Waals surface area contributed by atoms with Gasteiger partial charge in [0.1, 0.15) is 0 Å². The Morgan fingerprint density at radius 1 is 1.29 bits per heavy atom. The van der Waals surface area contributed by atoms with Gasteiger partial charge in [0, 0.05) is 30.7 Å². The van der Waals surface area contributed by atoms with Crippen LogP contribution in [0.4, 0.5) is 16.2 Å². The third-order valence-corrected chi connectivity index (χ3v) is 6.63. The Kier molecular flexibility index (Phi) is 5.12. The van der Waals surface area contributed by atoms with Gasteiger partial charge in [-0.15, -0.1) is 0 Å². The molecule has 7 heteroatoms. The molecule has 3 heterocycles. The van der Waals surface area contributed by atoms with Crippen molar-refractivity contribution in [1.29, 1.82) is 0 Å². The molecule has 0 saturated carbocycles. The van der Waals surface area contributed by atoms with Crippen LogP contribution in [0.1, 0.15) is 18.9 Å². The zero-order chi connectivity index (χ0) is 19.7. The second-order valence-electron chi connectivity index (χ2n) is 7.70. The summed E-state index contributed by atoms with van der Waals surface area (Å²) in [6.45, 7) is 4.41. The van der Waals surface area contributed by atoms with Crippen LogP contribution < -0.4 is 10.2 Å². The van der Waals surface area contributed by atoms with Gasteiger partial charge in [-0.25, -0.2) is 4.79 Å². The van der Waals surface area contributed by atoms with E-state index in [2.05, 4.69) is 23.2 Å². The quantitative estimate of drug-likeness (QED) is 0.863. The lowest BCUT2D eigenvalue weighted by Gasteiger charge is -2.46. The van der Waals surface area contributed by atoms with Gasteiger partial charge in [0.05, 0.1) is 17.8 Å².